The summed E-state index contributed by atoms with van der Waals surface area (Å²) in [6, 6.07) is 0. The first-order valence-corrected chi connectivity index (χ1v) is 5.64. The van der Waals surface area contributed by atoms with Crippen LogP contribution in [-0.4, -0.2) is 18.5 Å². The van der Waals surface area contributed by atoms with Crippen molar-refractivity contribution in [1.82, 2.24) is 0 Å². The van der Waals surface area contributed by atoms with E-state index in [4.69, 9.17) is 28.3 Å². The Balaban J connectivity index is 2.36. The van der Waals surface area contributed by atoms with Crippen molar-refractivity contribution in [3.05, 3.63) is 0 Å². The second-order valence-corrected chi connectivity index (χ2v) is 6.26. The van der Waals surface area contributed by atoms with Crippen molar-refractivity contribution in [3.8, 4) is 0 Å². The molecule has 0 radical (unpaired) electrons. The number of primary sulfonamides is 1. The Hall–Kier alpha value is 0.490. The summed E-state index contributed by atoms with van der Waals surface area (Å²) < 4.78 is 20.4. The van der Waals surface area contributed by atoms with Crippen molar-refractivity contribution in [1.29, 1.82) is 0 Å². The summed E-state index contributed by atoms with van der Waals surface area (Å²) >= 11 is 11.3. The lowest BCUT2D eigenvalue weighted by Crippen LogP contribution is -2.39. The van der Waals surface area contributed by atoms with Crippen LogP contribution in [0, 0.1) is 5.92 Å². The highest BCUT2D eigenvalue weighted by molar-refractivity contribution is 7.89. The maximum Gasteiger partial charge on any atom is 0.209 e. The molecule has 2 N–H and O–H groups in total. The molecule has 0 spiro atoms. The van der Waals surface area contributed by atoms with Crippen LogP contribution in [0.15, 0.2) is 0 Å². The quantitative estimate of drug-likeness (QED) is 0.698. The number of sulfonamides is 1. The van der Waals surface area contributed by atoms with Crippen LogP contribution >= 0.6 is 23.2 Å². The lowest BCUT2D eigenvalue weighted by atomic mass is 9.86. The molecule has 0 saturated heterocycles. The molecule has 0 heterocycles. The van der Waals surface area contributed by atoms with Gasteiger partial charge in [-0.1, -0.05) is 0 Å². The summed E-state index contributed by atoms with van der Waals surface area (Å²) in [5, 5.41) is 4.82. The SMILES string of the molecule is NS(=O)(=O)CC1CC(Cl)(Cl)C1. The molecule has 1 aliphatic carbocycles. The number of hydrogen-bond donors (Lipinski definition) is 1. The molecule has 6 heteroatoms. The smallest absolute Gasteiger partial charge is 0.209 e. The van der Waals surface area contributed by atoms with Gasteiger partial charge in [-0.05, 0) is 18.8 Å². The highest BCUT2D eigenvalue weighted by Gasteiger charge is 2.42. The average molecular weight is 218 g/mol. The highest BCUT2D eigenvalue weighted by atomic mass is 35.5. The van der Waals surface area contributed by atoms with Crippen LogP contribution in [-0.2, 0) is 10.0 Å². The molecule has 11 heavy (non-hydrogen) atoms. The first-order chi connectivity index (χ1) is 4.79. The van der Waals surface area contributed by atoms with Crippen LogP contribution in [0.25, 0.3) is 0 Å². The molecule has 66 valence electrons. The van der Waals surface area contributed by atoms with Gasteiger partial charge in [0.2, 0.25) is 10.0 Å². The molecule has 0 aromatic heterocycles. The second-order valence-electron chi connectivity index (χ2n) is 2.96. The summed E-state index contributed by atoms with van der Waals surface area (Å²) in [7, 11) is -3.35. The molecule has 0 unspecified atom stereocenters. The van der Waals surface area contributed by atoms with Crippen LogP contribution in [0.4, 0.5) is 0 Å². The van der Waals surface area contributed by atoms with Gasteiger partial charge in [0.1, 0.15) is 4.33 Å². The van der Waals surface area contributed by atoms with Crippen molar-refractivity contribution >= 4 is 33.2 Å². The third-order valence-corrected chi connectivity index (χ3v) is 3.20. The molecule has 0 atom stereocenters. The summed E-state index contributed by atoms with van der Waals surface area (Å²) in [4.78, 5) is 0. The fourth-order valence-electron chi connectivity index (χ4n) is 1.23. The standard InChI is InChI=1S/C5H9Cl2NO2S/c6-5(7)1-4(2-5)3-11(8,9)10/h4H,1-3H2,(H2,8,9,10). The van der Waals surface area contributed by atoms with E-state index in [1.165, 1.54) is 0 Å². The molecule has 0 bridgehead atoms. The van der Waals surface area contributed by atoms with E-state index in [0.29, 0.717) is 12.8 Å². The van der Waals surface area contributed by atoms with Gasteiger partial charge in [0.05, 0.1) is 5.75 Å². The Morgan fingerprint density at radius 2 is 1.91 bits per heavy atom. The first kappa shape index (κ1) is 9.58. The summed E-state index contributed by atoms with van der Waals surface area (Å²) in [6.07, 6.45) is 1.04. The van der Waals surface area contributed by atoms with E-state index >= 15 is 0 Å². The van der Waals surface area contributed by atoms with Gasteiger partial charge >= 0.3 is 0 Å². The van der Waals surface area contributed by atoms with Gasteiger partial charge in [-0.2, -0.15) is 0 Å². The normalized spacial score (nSPS) is 24.6. The lowest BCUT2D eigenvalue weighted by molar-refractivity contribution is 0.322. The summed E-state index contributed by atoms with van der Waals surface area (Å²) in [5.74, 6) is 0.0359. The van der Waals surface area contributed by atoms with Crippen molar-refractivity contribution in [2.75, 3.05) is 5.75 Å². The van der Waals surface area contributed by atoms with Crippen molar-refractivity contribution in [3.63, 3.8) is 0 Å². The number of nitrogens with two attached hydrogens (primary N) is 1. The molecule has 0 aromatic carbocycles. The van der Waals surface area contributed by atoms with Gasteiger partial charge in [-0.3, -0.25) is 0 Å². The van der Waals surface area contributed by atoms with Crippen LogP contribution in [0.5, 0.6) is 0 Å². The molecule has 3 nitrogen and oxygen atoms in total. The maximum absolute atomic E-state index is 10.5. The Bertz CT molecular complexity index is 241. The zero-order valence-electron chi connectivity index (χ0n) is 5.76. The molecule has 0 aromatic rings. The third kappa shape index (κ3) is 3.15. The van der Waals surface area contributed by atoms with E-state index in [9.17, 15) is 8.42 Å². The minimum absolute atomic E-state index is 0.00576. The third-order valence-electron chi connectivity index (χ3n) is 1.64. The van der Waals surface area contributed by atoms with Crippen LogP contribution in [0.1, 0.15) is 12.8 Å². The van der Waals surface area contributed by atoms with Gasteiger partial charge < -0.3 is 0 Å². The largest absolute Gasteiger partial charge is 0.229 e. The Labute approximate surface area is 75.9 Å². The number of hydrogen-bond acceptors (Lipinski definition) is 2. The zero-order chi connectivity index (χ0) is 8.70. The molecular weight excluding hydrogens is 209 g/mol. The summed E-state index contributed by atoms with van der Waals surface area (Å²) in [5.41, 5.74) is 0. The van der Waals surface area contributed by atoms with Crippen LogP contribution in [0.3, 0.4) is 0 Å². The predicted octanol–water partition coefficient (Wildman–Crippen LogP) is 0.859. The maximum atomic E-state index is 10.5. The molecule has 0 aliphatic heterocycles. The Morgan fingerprint density at radius 1 is 1.45 bits per heavy atom. The van der Waals surface area contributed by atoms with E-state index in [0.717, 1.165) is 0 Å². The van der Waals surface area contributed by atoms with E-state index in [1.54, 1.807) is 0 Å². The first-order valence-electron chi connectivity index (χ1n) is 3.17. The minimum atomic E-state index is -3.35. The van der Waals surface area contributed by atoms with Gasteiger partial charge in [0, 0.05) is 0 Å². The summed E-state index contributed by atoms with van der Waals surface area (Å²) in [6.45, 7) is 0. The lowest BCUT2D eigenvalue weighted by Gasteiger charge is -2.37. The number of rotatable bonds is 2. The Morgan fingerprint density at radius 3 is 2.18 bits per heavy atom. The van der Waals surface area contributed by atoms with Crippen molar-refractivity contribution in [2.24, 2.45) is 11.1 Å². The second kappa shape index (κ2) is 2.76. The minimum Gasteiger partial charge on any atom is -0.229 e. The van der Waals surface area contributed by atoms with E-state index in [-0.39, 0.29) is 11.7 Å². The molecular formula is C5H9Cl2NO2S. The molecule has 1 saturated carbocycles. The highest BCUT2D eigenvalue weighted by Crippen LogP contribution is 2.46. The van der Waals surface area contributed by atoms with Crippen molar-refractivity contribution < 1.29 is 8.42 Å². The zero-order valence-corrected chi connectivity index (χ0v) is 8.09. The fourth-order valence-corrected chi connectivity index (χ4v) is 3.00. The molecule has 1 fully saturated rings. The molecule has 1 rings (SSSR count). The fraction of sp³-hybridized carbons (Fsp3) is 1.00. The number of halogens is 2. The van der Waals surface area contributed by atoms with Gasteiger partial charge in [-0.15, -0.1) is 23.2 Å². The van der Waals surface area contributed by atoms with E-state index < -0.39 is 14.4 Å². The Kier molecular flexibility index (Phi) is 2.41. The molecule has 0 amide bonds. The van der Waals surface area contributed by atoms with E-state index in [1.807, 2.05) is 0 Å². The van der Waals surface area contributed by atoms with Crippen molar-refractivity contribution in [2.45, 2.75) is 17.2 Å². The van der Waals surface area contributed by atoms with Crippen LogP contribution in [0.2, 0.25) is 0 Å². The molecule has 1 aliphatic rings. The van der Waals surface area contributed by atoms with Gasteiger partial charge in [0.25, 0.3) is 0 Å². The average Bonchev–Trinajstić information content (AvgIpc) is 1.53. The van der Waals surface area contributed by atoms with E-state index in [2.05, 4.69) is 0 Å². The van der Waals surface area contributed by atoms with Crippen LogP contribution < -0.4 is 5.14 Å². The predicted molar refractivity (Wildman–Crippen MR) is 45.1 cm³/mol. The topological polar surface area (TPSA) is 60.2 Å². The number of alkyl halides is 2. The monoisotopic (exact) mass is 217 g/mol. The van der Waals surface area contributed by atoms with Gasteiger partial charge in [-0.25, -0.2) is 13.6 Å². The van der Waals surface area contributed by atoms with Gasteiger partial charge in [0.15, 0.2) is 0 Å².